The average molecular weight is 274 g/mol. The number of pyridine rings is 1. The van der Waals surface area contributed by atoms with E-state index in [1.165, 1.54) is 25.3 Å². The minimum Gasteiger partial charge on any atom is -0.383 e. The van der Waals surface area contributed by atoms with Gasteiger partial charge in [-0.25, -0.2) is 13.8 Å². The van der Waals surface area contributed by atoms with Crippen LogP contribution in [0.3, 0.4) is 0 Å². The van der Waals surface area contributed by atoms with Gasteiger partial charge in [0.1, 0.15) is 17.5 Å². The summed E-state index contributed by atoms with van der Waals surface area (Å²) in [6.45, 7) is 5.02. The number of carbonyl (C=O) groups excluding carboxylic acids is 1. The van der Waals surface area contributed by atoms with Gasteiger partial charge in [0.25, 0.3) is 0 Å². The van der Waals surface area contributed by atoms with Gasteiger partial charge in [-0.05, 0) is 30.7 Å². The zero-order valence-corrected chi connectivity index (χ0v) is 10.8. The van der Waals surface area contributed by atoms with Crippen LogP contribution in [0.5, 0.6) is 0 Å². The Morgan fingerprint density at radius 3 is 2.65 bits per heavy atom. The molecule has 1 aromatic carbocycles. The maximum Gasteiger partial charge on any atom is 0.199 e. The number of aromatic nitrogens is 1. The number of hydrogen-bond donors (Lipinski definition) is 1. The van der Waals surface area contributed by atoms with E-state index in [9.17, 15) is 13.6 Å². The summed E-state index contributed by atoms with van der Waals surface area (Å²) in [5.74, 6) is -2.58. The molecule has 1 heterocycles. The highest BCUT2D eigenvalue weighted by Crippen LogP contribution is 2.25. The van der Waals surface area contributed by atoms with Crippen LogP contribution >= 0.6 is 0 Å². The van der Waals surface area contributed by atoms with Crippen molar-refractivity contribution in [3.63, 3.8) is 0 Å². The smallest absolute Gasteiger partial charge is 0.199 e. The monoisotopic (exact) mass is 274 g/mol. The number of nitrogen functional groups attached to an aromatic ring is 1. The molecule has 0 fully saturated rings. The fourth-order valence-electron chi connectivity index (χ4n) is 1.81. The number of halogens is 2. The van der Waals surface area contributed by atoms with Gasteiger partial charge in [-0.3, -0.25) is 4.79 Å². The molecule has 102 valence electrons. The van der Waals surface area contributed by atoms with Crippen molar-refractivity contribution in [3.8, 4) is 0 Å². The number of allylic oxidation sites excluding steroid dienone is 1. The SMILES string of the molecule is C=C(C(=O)c1c(F)ccc(C)c1F)c1cccnc1N. The highest BCUT2D eigenvalue weighted by Gasteiger charge is 2.23. The first kappa shape index (κ1) is 13.9. The largest absolute Gasteiger partial charge is 0.383 e. The molecule has 0 aliphatic heterocycles. The molecule has 0 aliphatic carbocycles. The van der Waals surface area contributed by atoms with E-state index in [0.29, 0.717) is 0 Å². The lowest BCUT2D eigenvalue weighted by Crippen LogP contribution is -2.10. The van der Waals surface area contributed by atoms with E-state index in [4.69, 9.17) is 5.73 Å². The van der Waals surface area contributed by atoms with Crippen LogP contribution in [0.25, 0.3) is 5.57 Å². The first-order valence-electron chi connectivity index (χ1n) is 5.82. The van der Waals surface area contributed by atoms with Gasteiger partial charge in [-0.15, -0.1) is 0 Å². The van der Waals surface area contributed by atoms with E-state index in [1.807, 2.05) is 0 Å². The first-order chi connectivity index (χ1) is 9.43. The molecular formula is C15H12F2N2O. The number of hydrogen-bond acceptors (Lipinski definition) is 3. The van der Waals surface area contributed by atoms with Gasteiger partial charge in [-0.1, -0.05) is 12.6 Å². The van der Waals surface area contributed by atoms with E-state index in [-0.39, 0.29) is 22.5 Å². The number of nitrogens with two attached hydrogens (primary N) is 1. The molecule has 2 rings (SSSR count). The number of nitrogens with zero attached hydrogens (tertiary/aromatic N) is 1. The molecular weight excluding hydrogens is 262 g/mol. The summed E-state index contributed by atoms with van der Waals surface area (Å²) in [5.41, 5.74) is 5.35. The third kappa shape index (κ3) is 2.30. The number of ketones is 1. The number of Topliss-reactive ketones (excluding diaryl/α,β-unsaturated/α-hetero) is 1. The van der Waals surface area contributed by atoms with Gasteiger partial charge in [0.2, 0.25) is 0 Å². The Morgan fingerprint density at radius 2 is 2.00 bits per heavy atom. The Balaban J connectivity index is 2.51. The van der Waals surface area contributed by atoms with Gasteiger partial charge in [0.15, 0.2) is 5.78 Å². The first-order valence-corrected chi connectivity index (χ1v) is 5.82. The maximum atomic E-state index is 13.9. The van der Waals surface area contributed by atoms with Crippen LogP contribution in [-0.4, -0.2) is 10.8 Å². The lowest BCUT2D eigenvalue weighted by Gasteiger charge is -2.10. The predicted octanol–water partition coefficient (Wildman–Crippen LogP) is 3.15. The summed E-state index contributed by atoms with van der Waals surface area (Å²) in [6.07, 6.45) is 1.45. The topological polar surface area (TPSA) is 56.0 Å². The second kappa shape index (κ2) is 5.21. The standard InChI is InChI=1S/C15H12F2N2O/c1-8-5-6-11(16)12(13(8)17)14(20)9(2)10-4-3-7-19-15(10)18/h3-7H,2H2,1H3,(H2,18,19). The molecule has 0 saturated carbocycles. The van der Waals surface area contributed by atoms with E-state index in [0.717, 1.165) is 6.07 Å². The minimum absolute atomic E-state index is 0.0827. The summed E-state index contributed by atoms with van der Waals surface area (Å²) in [7, 11) is 0. The lowest BCUT2D eigenvalue weighted by molar-refractivity contribution is 0.104. The van der Waals surface area contributed by atoms with Crippen LogP contribution in [0, 0.1) is 18.6 Å². The van der Waals surface area contributed by atoms with Gasteiger partial charge in [-0.2, -0.15) is 0 Å². The summed E-state index contributed by atoms with van der Waals surface area (Å²) < 4.78 is 27.6. The third-order valence-corrected chi connectivity index (χ3v) is 2.95. The average Bonchev–Trinajstić information content (AvgIpc) is 2.43. The number of carbonyl (C=O) groups is 1. The summed E-state index contributed by atoms with van der Waals surface area (Å²) in [6, 6.07) is 5.40. The van der Waals surface area contributed by atoms with Crippen molar-refractivity contribution in [1.82, 2.24) is 4.98 Å². The maximum absolute atomic E-state index is 13.9. The second-order valence-corrected chi connectivity index (χ2v) is 4.30. The quantitative estimate of drug-likeness (QED) is 0.691. The molecule has 0 unspecified atom stereocenters. The Hall–Kier alpha value is -2.56. The van der Waals surface area contributed by atoms with Crippen molar-refractivity contribution in [2.45, 2.75) is 6.92 Å². The van der Waals surface area contributed by atoms with E-state index in [1.54, 1.807) is 6.07 Å². The molecule has 20 heavy (non-hydrogen) atoms. The Morgan fingerprint density at radius 1 is 1.30 bits per heavy atom. The van der Waals surface area contributed by atoms with Crippen molar-refractivity contribution in [2.75, 3.05) is 5.73 Å². The van der Waals surface area contributed by atoms with Crippen LogP contribution in [0.15, 0.2) is 37.0 Å². The highest BCUT2D eigenvalue weighted by molar-refractivity contribution is 6.29. The van der Waals surface area contributed by atoms with Crippen LogP contribution in [0.1, 0.15) is 21.5 Å². The number of rotatable bonds is 3. The Bertz CT molecular complexity index is 711. The van der Waals surface area contributed by atoms with E-state index < -0.39 is 23.0 Å². The zero-order valence-electron chi connectivity index (χ0n) is 10.8. The molecule has 3 nitrogen and oxygen atoms in total. The summed E-state index contributed by atoms with van der Waals surface area (Å²) >= 11 is 0. The molecule has 1 aromatic heterocycles. The zero-order chi connectivity index (χ0) is 14.9. The summed E-state index contributed by atoms with van der Waals surface area (Å²) in [5, 5.41) is 0. The molecule has 0 atom stereocenters. The molecule has 0 amide bonds. The van der Waals surface area contributed by atoms with Crippen molar-refractivity contribution in [3.05, 3.63) is 65.4 Å². The predicted molar refractivity (Wildman–Crippen MR) is 73.1 cm³/mol. The molecule has 0 radical (unpaired) electrons. The van der Waals surface area contributed by atoms with E-state index in [2.05, 4.69) is 11.6 Å². The van der Waals surface area contributed by atoms with Crippen molar-refractivity contribution >= 4 is 17.2 Å². The van der Waals surface area contributed by atoms with Crippen molar-refractivity contribution in [2.24, 2.45) is 0 Å². The number of benzene rings is 1. The second-order valence-electron chi connectivity index (χ2n) is 4.30. The lowest BCUT2D eigenvalue weighted by atomic mass is 9.96. The van der Waals surface area contributed by atoms with Gasteiger partial charge >= 0.3 is 0 Å². The Kier molecular flexibility index (Phi) is 3.61. The molecule has 5 heteroatoms. The van der Waals surface area contributed by atoms with Crippen LogP contribution in [-0.2, 0) is 0 Å². The van der Waals surface area contributed by atoms with Gasteiger partial charge in [0, 0.05) is 17.3 Å². The highest BCUT2D eigenvalue weighted by atomic mass is 19.1. The van der Waals surface area contributed by atoms with Crippen LogP contribution in [0.4, 0.5) is 14.6 Å². The molecule has 2 aromatic rings. The Labute approximate surface area is 114 Å². The van der Waals surface area contributed by atoms with Crippen LogP contribution in [0.2, 0.25) is 0 Å². The molecule has 0 bridgehead atoms. The molecule has 2 N–H and O–H groups in total. The normalized spacial score (nSPS) is 10.3. The number of aryl methyl sites for hydroxylation is 1. The molecule has 0 aliphatic rings. The minimum atomic E-state index is -0.929. The van der Waals surface area contributed by atoms with Gasteiger partial charge in [0.05, 0.1) is 5.56 Å². The molecule has 0 spiro atoms. The van der Waals surface area contributed by atoms with Crippen LogP contribution < -0.4 is 5.73 Å². The summed E-state index contributed by atoms with van der Waals surface area (Å²) in [4.78, 5) is 16.0. The molecule has 0 saturated heterocycles. The fourth-order valence-corrected chi connectivity index (χ4v) is 1.81. The van der Waals surface area contributed by atoms with E-state index >= 15 is 0 Å². The van der Waals surface area contributed by atoms with Crippen molar-refractivity contribution in [1.29, 1.82) is 0 Å². The van der Waals surface area contributed by atoms with Crippen molar-refractivity contribution < 1.29 is 13.6 Å². The number of anilines is 1. The third-order valence-electron chi connectivity index (χ3n) is 2.95. The fraction of sp³-hybridized carbons (Fsp3) is 0.0667. The van der Waals surface area contributed by atoms with Gasteiger partial charge < -0.3 is 5.73 Å².